The van der Waals surface area contributed by atoms with Crippen LogP contribution in [0.25, 0.3) is 11.1 Å². The van der Waals surface area contributed by atoms with Gasteiger partial charge in [-0.3, -0.25) is 0 Å². The third-order valence-electron chi connectivity index (χ3n) is 3.20. The van der Waals surface area contributed by atoms with Gasteiger partial charge in [0.05, 0.1) is 12.8 Å². The molecule has 0 aliphatic heterocycles. The van der Waals surface area contributed by atoms with E-state index in [9.17, 15) is 10.2 Å². The maximum absolute atomic E-state index is 10.3. The Kier molecular flexibility index (Phi) is 3.68. The van der Waals surface area contributed by atoms with Gasteiger partial charge in [-0.1, -0.05) is 11.6 Å². The number of anilines is 1. The lowest BCUT2D eigenvalue weighted by Gasteiger charge is -2.15. The number of hydrogen-bond acceptors (Lipinski definition) is 4. The van der Waals surface area contributed by atoms with E-state index in [0.717, 1.165) is 5.56 Å². The molecule has 2 aromatic rings. The van der Waals surface area contributed by atoms with Gasteiger partial charge in [0, 0.05) is 11.1 Å². The third-order valence-corrected chi connectivity index (χ3v) is 3.58. The molecule has 2 aromatic carbocycles. The van der Waals surface area contributed by atoms with Gasteiger partial charge in [0.15, 0.2) is 11.5 Å². The van der Waals surface area contributed by atoms with Crippen molar-refractivity contribution in [3.63, 3.8) is 0 Å². The van der Waals surface area contributed by atoms with Crippen molar-refractivity contribution in [2.24, 2.45) is 0 Å². The number of aryl methyl sites for hydroxylation is 2. The molecule has 0 heterocycles. The molecule has 0 atom stereocenters. The Morgan fingerprint density at radius 3 is 2.30 bits per heavy atom. The number of halogens is 1. The molecular weight excluding hydrogens is 278 g/mol. The van der Waals surface area contributed by atoms with E-state index in [1.807, 2.05) is 6.92 Å². The molecule has 4 N–H and O–H groups in total. The molecular formula is C15H16ClNO3. The average molecular weight is 294 g/mol. The topological polar surface area (TPSA) is 75.7 Å². The van der Waals surface area contributed by atoms with Crippen LogP contribution in [0.15, 0.2) is 18.2 Å². The zero-order valence-electron chi connectivity index (χ0n) is 11.5. The lowest BCUT2D eigenvalue weighted by atomic mass is 9.98. The van der Waals surface area contributed by atoms with Gasteiger partial charge in [0.1, 0.15) is 10.8 Å². The quantitative estimate of drug-likeness (QED) is 0.739. The summed E-state index contributed by atoms with van der Waals surface area (Å²) in [5.41, 5.74) is 8.74. The van der Waals surface area contributed by atoms with Crippen molar-refractivity contribution in [1.29, 1.82) is 0 Å². The molecule has 0 aromatic heterocycles. The molecule has 0 aliphatic carbocycles. The van der Waals surface area contributed by atoms with E-state index in [1.54, 1.807) is 25.1 Å². The second-order valence-corrected chi connectivity index (χ2v) is 5.06. The van der Waals surface area contributed by atoms with Crippen LogP contribution in [0.4, 0.5) is 5.69 Å². The van der Waals surface area contributed by atoms with Crippen molar-refractivity contribution in [2.75, 3.05) is 12.8 Å². The third kappa shape index (κ3) is 2.23. The van der Waals surface area contributed by atoms with Crippen LogP contribution in [0, 0.1) is 13.8 Å². The van der Waals surface area contributed by atoms with E-state index in [4.69, 9.17) is 22.1 Å². The minimum atomic E-state index is -0.0491. The van der Waals surface area contributed by atoms with E-state index >= 15 is 0 Å². The van der Waals surface area contributed by atoms with Crippen molar-refractivity contribution in [3.8, 4) is 28.4 Å². The highest BCUT2D eigenvalue weighted by Crippen LogP contribution is 2.45. The van der Waals surface area contributed by atoms with Crippen molar-refractivity contribution < 1.29 is 14.9 Å². The first kappa shape index (κ1) is 14.3. The Balaban J connectivity index is 2.78. The summed E-state index contributed by atoms with van der Waals surface area (Å²) >= 11 is 6.02. The highest BCUT2D eigenvalue weighted by molar-refractivity contribution is 6.35. The van der Waals surface area contributed by atoms with Crippen molar-refractivity contribution >= 4 is 17.3 Å². The maximum atomic E-state index is 10.3. The van der Waals surface area contributed by atoms with E-state index in [2.05, 4.69) is 0 Å². The molecule has 106 valence electrons. The molecule has 0 amide bonds. The molecule has 0 spiro atoms. The molecule has 0 aliphatic rings. The number of benzene rings is 2. The largest absolute Gasteiger partial charge is 0.506 e. The molecule has 2 rings (SSSR count). The van der Waals surface area contributed by atoms with E-state index in [1.165, 1.54) is 7.11 Å². The summed E-state index contributed by atoms with van der Waals surface area (Å²) in [4.78, 5) is 0. The number of rotatable bonds is 2. The minimum absolute atomic E-state index is 0.00837. The number of phenols is 2. The van der Waals surface area contributed by atoms with Crippen LogP contribution in [0.2, 0.25) is 5.02 Å². The fourth-order valence-corrected chi connectivity index (χ4v) is 2.36. The zero-order chi connectivity index (χ0) is 15.0. The molecule has 0 unspecified atom stereocenters. The predicted molar refractivity (Wildman–Crippen MR) is 80.7 cm³/mol. The summed E-state index contributed by atoms with van der Waals surface area (Å²) in [6.45, 7) is 3.60. The lowest BCUT2D eigenvalue weighted by molar-refractivity contribution is 0.374. The van der Waals surface area contributed by atoms with Crippen molar-refractivity contribution in [1.82, 2.24) is 0 Å². The fourth-order valence-electron chi connectivity index (χ4n) is 2.11. The molecule has 20 heavy (non-hydrogen) atoms. The summed E-state index contributed by atoms with van der Waals surface area (Å²) in [6, 6.07) is 5.20. The first-order valence-electron chi connectivity index (χ1n) is 6.02. The number of hydrogen-bond donors (Lipinski definition) is 3. The monoisotopic (exact) mass is 293 g/mol. The second kappa shape index (κ2) is 5.13. The molecule has 0 saturated carbocycles. The highest BCUT2D eigenvalue weighted by Gasteiger charge is 2.18. The first-order valence-corrected chi connectivity index (χ1v) is 6.40. The van der Waals surface area contributed by atoms with Gasteiger partial charge in [-0.15, -0.1) is 0 Å². The Bertz CT molecular complexity index is 684. The Labute approximate surface area is 122 Å². The van der Waals surface area contributed by atoms with Crippen LogP contribution >= 0.6 is 11.6 Å². The van der Waals surface area contributed by atoms with Crippen LogP contribution in [-0.4, -0.2) is 17.3 Å². The molecule has 0 fully saturated rings. The predicted octanol–water partition coefficient (Wildman–Crippen LogP) is 3.63. The zero-order valence-corrected chi connectivity index (χ0v) is 12.2. The smallest absolute Gasteiger partial charge is 0.165 e. The SMILES string of the molecule is COc1cc(C)cc(-c2cc(C)c(O)c(Cl)c2N)c1O. The van der Waals surface area contributed by atoms with Gasteiger partial charge >= 0.3 is 0 Å². The average Bonchev–Trinajstić information content (AvgIpc) is 2.42. The van der Waals surface area contributed by atoms with Gasteiger partial charge in [0.2, 0.25) is 0 Å². The number of nitrogens with two attached hydrogens (primary N) is 1. The van der Waals surface area contributed by atoms with Crippen LogP contribution < -0.4 is 10.5 Å². The Morgan fingerprint density at radius 2 is 1.70 bits per heavy atom. The van der Waals surface area contributed by atoms with Gasteiger partial charge < -0.3 is 20.7 Å². The minimum Gasteiger partial charge on any atom is -0.506 e. The maximum Gasteiger partial charge on any atom is 0.165 e. The summed E-state index contributed by atoms with van der Waals surface area (Å²) in [7, 11) is 1.48. The van der Waals surface area contributed by atoms with Gasteiger partial charge in [0.25, 0.3) is 0 Å². The van der Waals surface area contributed by atoms with E-state index in [-0.39, 0.29) is 22.2 Å². The first-order chi connectivity index (χ1) is 9.36. The summed E-state index contributed by atoms with van der Waals surface area (Å²) in [5, 5.41) is 20.1. The normalized spacial score (nSPS) is 10.6. The number of phenolic OH excluding ortho intramolecular Hbond substituents is 2. The van der Waals surface area contributed by atoms with Crippen molar-refractivity contribution in [3.05, 3.63) is 34.3 Å². The second-order valence-electron chi connectivity index (χ2n) is 4.68. The van der Waals surface area contributed by atoms with E-state index < -0.39 is 0 Å². The van der Waals surface area contributed by atoms with Crippen LogP contribution in [-0.2, 0) is 0 Å². The lowest BCUT2D eigenvalue weighted by Crippen LogP contribution is -1.95. The summed E-state index contributed by atoms with van der Waals surface area (Å²) in [6.07, 6.45) is 0. The molecule has 4 nitrogen and oxygen atoms in total. The highest BCUT2D eigenvalue weighted by atomic mass is 35.5. The van der Waals surface area contributed by atoms with Crippen molar-refractivity contribution in [2.45, 2.75) is 13.8 Å². The molecule has 5 heteroatoms. The van der Waals surface area contributed by atoms with Gasteiger partial charge in [-0.25, -0.2) is 0 Å². The number of methoxy groups -OCH3 is 1. The standard InChI is InChI=1S/C15H16ClNO3/c1-7-4-10(15(19)11(5-7)20-3)9-6-8(2)14(18)12(16)13(9)17/h4-6,18-19H,17H2,1-3H3. The fraction of sp³-hybridized carbons (Fsp3) is 0.200. The van der Waals surface area contributed by atoms with E-state index in [0.29, 0.717) is 22.4 Å². The number of ether oxygens (including phenoxy) is 1. The summed E-state index contributed by atoms with van der Waals surface area (Å²) in [5.74, 6) is 0.305. The van der Waals surface area contributed by atoms with Crippen LogP contribution in [0.5, 0.6) is 17.2 Å². The molecule has 0 saturated heterocycles. The number of aromatic hydroxyl groups is 2. The molecule has 0 bridgehead atoms. The van der Waals surface area contributed by atoms with Gasteiger partial charge in [-0.05, 0) is 43.2 Å². The van der Waals surface area contributed by atoms with Crippen LogP contribution in [0.3, 0.4) is 0 Å². The van der Waals surface area contributed by atoms with Gasteiger partial charge in [-0.2, -0.15) is 0 Å². The Morgan fingerprint density at radius 1 is 1.05 bits per heavy atom. The number of nitrogen functional groups attached to an aromatic ring is 1. The molecule has 0 radical (unpaired) electrons. The summed E-state index contributed by atoms with van der Waals surface area (Å²) < 4.78 is 5.14. The van der Waals surface area contributed by atoms with Crippen LogP contribution in [0.1, 0.15) is 11.1 Å². The Hall–Kier alpha value is -2.07.